The zero-order valence-electron chi connectivity index (χ0n) is 25.1. The molecule has 0 saturated heterocycles. The molecule has 0 aliphatic rings. The topological polar surface area (TPSA) is 38.7 Å². The van der Waals surface area contributed by atoms with Gasteiger partial charge in [0.25, 0.3) is 0 Å². The number of pyridine rings is 1. The van der Waals surface area contributed by atoms with E-state index in [-0.39, 0.29) is 0 Å². The molecule has 216 valence electrons. The highest BCUT2D eigenvalue weighted by atomic mass is 14.9. The third-order valence-corrected chi connectivity index (χ3v) is 8.42. The minimum atomic E-state index is 0.696. The summed E-state index contributed by atoms with van der Waals surface area (Å²) in [5.41, 5.74) is 11.8. The van der Waals surface area contributed by atoms with Crippen molar-refractivity contribution < 1.29 is 0 Å². The van der Waals surface area contributed by atoms with Crippen LogP contribution in [0.4, 0.5) is 0 Å². The van der Waals surface area contributed by atoms with Crippen molar-refractivity contribution in [3.8, 4) is 67.3 Å². The van der Waals surface area contributed by atoms with E-state index in [0.29, 0.717) is 5.82 Å². The molecule has 2 aromatic heterocycles. The summed E-state index contributed by atoms with van der Waals surface area (Å²) in [5, 5.41) is 2.32. The minimum Gasteiger partial charge on any atom is -0.263 e. The molecular formula is C43H29N3. The second-order valence-corrected chi connectivity index (χ2v) is 11.3. The maximum absolute atomic E-state index is 5.10. The molecule has 2 heterocycles. The van der Waals surface area contributed by atoms with Crippen LogP contribution in [-0.4, -0.2) is 15.0 Å². The zero-order valence-corrected chi connectivity index (χ0v) is 25.1. The molecule has 0 bridgehead atoms. The molecule has 8 rings (SSSR count). The van der Waals surface area contributed by atoms with Crippen molar-refractivity contribution in [1.82, 2.24) is 15.0 Å². The molecule has 0 fully saturated rings. The molecule has 0 saturated carbocycles. The lowest BCUT2D eigenvalue weighted by Crippen LogP contribution is -1.96. The van der Waals surface area contributed by atoms with E-state index in [2.05, 4.69) is 151 Å². The van der Waals surface area contributed by atoms with Gasteiger partial charge in [-0.25, -0.2) is 9.97 Å². The van der Waals surface area contributed by atoms with Crippen LogP contribution in [0, 0.1) is 0 Å². The van der Waals surface area contributed by atoms with Crippen LogP contribution in [0.15, 0.2) is 176 Å². The lowest BCUT2D eigenvalue weighted by molar-refractivity contribution is 1.18. The lowest BCUT2D eigenvalue weighted by Gasteiger charge is -2.11. The van der Waals surface area contributed by atoms with Crippen molar-refractivity contribution in [2.24, 2.45) is 0 Å². The summed E-state index contributed by atoms with van der Waals surface area (Å²) < 4.78 is 0. The van der Waals surface area contributed by atoms with Gasteiger partial charge in [0, 0.05) is 40.0 Å². The fourth-order valence-electron chi connectivity index (χ4n) is 5.95. The summed E-state index contributed by atoms with van der Waals surface area (Å²) in [6, 6.07) is 57.0. The third kappa shape index (κ3) is 5.47. The summed E-state index contributed by atoms with van der Waals surface area (Å²) in [6.45, 7) is 0. The van der Waals surface area contributed by atoms with E-state index in [1.54, 1.807) is 0 Å². The van der Waals surface area contributed by atoms with E-state index in [1.165, 1.54) is 22.1 Å². The van der Waals surface area contributed by atoms with Crippen molar-refractivity contribution in [2.45, 2.75) is 0 Å². The molecule has 3 nitrogen and oxygen atoms in total. The fourth-order valence-corrected chi connectivity index (χ4v) is 5.95. The first-order chi connectivity index (χ1) is 22.8. The Bertz CT molecular complexity index is 2150. The Hall–Kier alpha value is -6.19. The number of hydrogen-bond acceptors (Lipinski definition) is 3. The normalized spacial score (nSPS) is 11.0. The van der Waals surface area contributed by atoms with Crippen LogP contribution in [0.2, 0.25) is 0 Å². The second kappa shape index (κ2) is 12.1. The van der Waals surface area contributed by atoms with Gasteiger partial charge < -0.3 is 0 Å². The number of rotatable bonds is 6. The van der Waals surface area contributed by atoms with Crippen LogP contribution >= 0.6 is 0 Å². The highest BCUT2D eigenvalue weighted by Crippen LogP contribution is 2.33. The Kier molecular flexibility index (Phi) is 7.18. The standard InChI is InChI=1S/C43H29N3/c1-3-9-30(10-4-1)32-15-21-35(22-16-32)41-27-42(46-43(45-41)37-25-17-33(18-26-37)31-11-5-2-6-12-31)36-23-19-34(20-24-36)40-29-44-28-38-13-7-8-14-39(38)40/h1-29H. The monoisotopic (exact) mass is 587 g/mol. The van der Waals surface area contributed by atoms with Gasteiger partial charge in [0.1, 0.15) is 0 Å². The quantitative estimate of drug-likeness (QED) is 0.194. The molecule has 46 heavy (non-hydrogen) atoms. The van der Waals surface area contributed by atoms with E-state index in [4.69, 9.17) is 9.97 Å². The third-order valence-electron chi connectivity index (χ3n) is 8.42. The predicted molar refractivity (Wildman–Crippen MR) is 190 cm³/mol. The van der Waals surface area contributed by atoms with E-state index in [0.717, 1.165) is 50.2 Å². The molecule has 0 aliphatic heterocycles. The maximum atomic E-state index is 5.10. The predicted octanol–water partition coefficient (Wildman–Crippen LogP) is 11.0. The molecule has 0 spiro atoms. The largest absolute Gasteiger partial charge is 0.263 e. The molecule has 0 aliphatic carbocycles. The van der Waals surface area contributed by atoms with E-state index < -0.39 is 0 Å². The number of fused-ring (bicyclic) bond motifs is 1. The number of nitrogens with zero attached hydrogens (tertiary/aromatic N) is 3. The van der Waals surface area contributed by atoms with Gasteiger partial charge in [-0.15, -0.1) is 0 Å². The van der Waals surface area contributed by atoms with Crippen LogP contribution in [0.3, 0.4) is 0 Å². The van der Waals surface area contributed by atoms with Gasteiger partial charge in [-0.2, -0.15) is 0 Å². The molecule has 6 aromatic carbocycles. The van der Waals surface area contributed by atoms with Crippen LogP contribution in [0.1, 0.15) is 0 Å². The molecule has 8 aromatic rings. The van der Waals surface area contributed by atoms with Crippen LogP contribution in [0.25, 0.3) is 78.1 Å². The van der Waals surface area contributed by atoms with Crippen LogP contribution in [0.5, 0.6) is 0 Å². The molecule has 0 N–H and O–H groups in total. The maximum Gasteiger partial charge on any atom is 0.160 e. The highest BCUT2D eigenvalue weighted by Gasteiger charge is 2.13. The van der Waals surface area contributed by atoms with E-state index >= 15 is 0 Å². The Morgan fingerprint density at radius 3 is 1.33 bits per heavy atom. The number of benzene rings is 6. The van der Waals surface area contributed by atoms with Crippen molar-refractivity contribution in [2.75, 3.05) is 0 Å². The SMILES string of the molecule is c1ccc(-c2ccc(-c3cc(-c4ccc(-c5cncc6ccccc56)cc4)nc(-c4ccc(-c5ccccc5)cc4)n3)cc2)cc1. The summed E-state index contributed by atoms with van der Waals surface area (Å²) in [5.74, 6) is 0.696. The Morgan fingerprint density at radius 1 is 0.326 bits per heavy atom. The van der Waals surface area contributed by atoms with Crippen molar-refractivity contribution >= 4 is 10.8 Å². The highest BCUT2D eigenvalue weighted by molar-refractivity contribution is 5.96. The van der Waals surface area contributed by atoms with Crippen LogP contribution < -0.4 is 0 Å². The molecule has 3 heteroatoms. The Morgan fingerprint density at radius 2 is 0.761 bits per heavy atom. The van der Waals surface area contributed by atoms with Gasteiger partial charge in [0.05, 0.1) is 11.4 Å². The summed E-state index contributed by atoms with van der Waals surface area (Å²) in [6.07, 6.45) is 3.85. The van der Waals surface area contributed by atoms with E-state index in [9.17, 15) is 0 Å². The average Bonchev–Trinajstić information content (AvgIpc) is 3.15. The molecule has 0 atom stereocenters. The van der Waals surface area contributed by atoms with Crippen molar-refractivity contribution in [1.29, 1.82) is 0 Å². The Labute approximate surface area is 268 Å². The molecule has 0 unspecified atom stereocenters. The van der Waals surface area contributed by atoms with Gasteiger partial charge in [0.15, 0.2) is 5.82 Å². The van der Waals surface area contributed by atoms with Crippen molar-refractivity contribution in [3.63, 3.8) is 0 Å². The first-order valence-electron chi connectivity index (χ1n) is 15.4. The van der Waals surface area contributed by atoms with Gasteiger partial charge in [-0.3, -0.25) is 4.98 Å². The van der Waals surface area contributed by atoms with Gasteiger partial charge in [0.2, 0.25) is 0 Å². The minimum absolute atomic E-state index is 0.696. The first-order valence-corrected chi connectivity index (χ1v) is 15.4. The van der Waals surface area contributed by atoms with Crippen molar-refractivity contribution in [3.05, 3.63) is 176 Å². The molecule has 0 radical (unpaired) electrons. The summed E-state index contributed by atoms with van der Waals surface area (Å²) in [7, 11) is 0. The summed E-state index contributed by atoms with van der Waals surface area (Å²) in [4.78, 5) is 14.7. The van der Waals surface area contributed by atoms with Crippen LogP contribution in [-0.2, 0) is 0 Å². The van der Waals surface area contributed by atoms with Gasteiger partial charge in [-0.05, 0) is 39.3 Å². The lowest BCUT2D eigenvalue weighted by atomic mass is 9.98. The van der Waals surface area contributed by atoms with Gasteiger partial charge >= 0.3 is 0 Å². The number of hydrogen-bond donors (Lipinski definition) is 0. The zero-order chi connectivity index (χ0) is 30.7. The summed E-state index contributed by atoms with van der Waals surface area (Å²) >= 11 is 0. The number of aromatic nitrogens is 3. The average molecular weight is 588 g/mol. The van der Waals surface area contributed by atoms with E-state index in [1.807, 2.05) is 30.6 Å². The Balaban J connectivity index is 1.19. The smallest absolute Gasteiger partial charge is 0.160 e. The van der Waals surface area contributed by atoms with Gasteiger partial charge in [-0.1, -0.05) is 158 Å². The fraction of sp³-hybridized carbons (Fsp3) is 0. The molecular weight excluding hydrogens is 558 g/mol. The molecule has 0 amide bonds. The second-order valence-electron chi connectivity index (χ2n) is 11.3. The first kappa shape index (κ1) is 27.4.